The molecule has 3 rings (SSSR count). The molecular formula is C45H43Cl6NO16. The predicted octanol–water partition coefficient (Wildman–Crippen LogP) is 7.02. The minimum absolute atomic E-state index is 0.199. The molecule has 23 heteroatoms. The van der Waals surface area contributed by atoms with Crippen LogP contribution in [0.2, 0.25) is 0 Å². The molecule has 3 aromatic rings. The Morgan fingerprint density at radius 3 is 0.824 bits per heavy atom. The Bertz CT molecular complexity index is 2030. The average molecular weight is 1070 g/mol. The zero-order chi connectivity index (χ0) is 50.4. The van der Waals surface area contributed by atoms with Crippen molar-refractivity contribution in [1.82, 2.24) is 5.32 Å². The number of hydrogen-bond donors (Lipinski definition) is 1. The number of rotatable bonds is 28. The van der Waals surface area contributed by atoms with Gasteiger partial charge in [0.1, 0.15) is 45.2 Å². The Labute approximate surface area is 419 Å². The zero-order valence-corrected chi connectivity index (χ0v) is 40.5. The standard InChI is InChI=1S/C45H43Cl6NO16/c1-26(53)52-45(23-66-36(57)17-14-33(54)63-20-27-2-8-30(9-3-27)39(60)42(46)47,24-67-37(58)18-15-34(55)64-21-28-4-10-31(11-5-28)40(61)43(48)49)25-68-38(59)19-16-35(56)65-22-29-6-12-32(13-7-29)41(62)44(50)51/h2-13,42-44H,14-25H2,1H3,(H,52,53). The lowest BCUT2D eigenvalue weighted by Gasteiger charge is -2.32. The number of benzene rings is 3. The molecule has 0 aliphatic carbocycles. The van der Waals surface area contributed by atoms with Crippen molar-refractivity contribution in [2.45, 2.75) is 85.3 Å². The molecule has 0 bridgehead atoms. The molecule has 0 unspecified atom stereocenters. The number of ether oxygens (including phenoxy) is 6. The number of esters is 6. The molecule has 0 spiro atoms. The van der Waals surface area contributed by atoms with Gasteiger partial charge in [-0.2, -0.15) is 0 Å². The molecule has 0 fully saturated rings. The summed E-state index contributed by atoms with van der Waals surface area (Å²) in [5.74, 6) is -7.55. The maximum atomic E-state index is 12.9. The maximum Gasteiger partial charge on any atom is 0.306 e. The van der Waals surface area contributed by atoms with Crippen LogP contribution in [-0.4, -0.2) is 98.9 Å². The monoisotopic (exact) mass is 1060 g/mol. The molecule has 366 valence electrons. The summed E-state index contributed by atoms with van der Waals surface area (Å²) >= 11 is 33.7. The van der Waals surface area contributed by atoms with Crippen LogP contribution in [0.25, 0.3) is 0 Å². The lowest BCUT2D eigenvalue weighted by Crippen LogP contribution is -2.58. The van der Waals surface area contributed by atoms with Gasteiger partial charge in [-0.15, -0.1) is 0 Å². The summed E-state index contributed by atoms with van der Waals surface area (Å²) in [7, 11) is 0. The second kappa shape index (κ2) is 28.9. The molecule has 0 atom stereocenters. The molecule has 17 nitrogen and oxygen atoms in total. The van der Waals surface area contributed by atoms with Crippen LogP contribution in [0.15, 0.2) is 72.8 Å². The zero-order valence-electron chi connectivity index (χ0n) is 35.9. The third-order valence-corrected chi connectivity index (χ3v) is 10.3. The molecule has 0 saturated heterocycles. The highest BCUT2D eigenvalue weighted by atomic mass is 35.5. The third-order valence-electron chi connectivity index (χ3n) is 9.08. The van der Waals surface area contributed by atoms with Crippen LogP contribution >= 0.6 is 69.6 Å². The van der Waals surface area contributed by atoms with E-state index in [0.29, 0.717) is 16.7 Å². The normalized spacial score (nSPS) is 11.1. The van der Waals surface area contributed by atoms with Gasteiger partial charge in [-0.3, -0.25) is 47.9 Å². The first kappa shape index (κ1) is 57.0. The molecule has 1 amide bonds. The van der Waals surface area contributed by atoms with Crippen molar-refractivity contribution in [2.24, 2.45) is 0 Å². The highest BCUT2D eigenvalue weighted by molar-refractivity contribution is 6.56. The first-order valence-electron chi connectivity index (χ1n) is 20.1. The number of ketones is 3. The van der Waals surface area contributed by atoms with Gasteiger partial charge in [0.15, 0.2) is 31.9 Å². The van der Waals surface area contributed by atoms with Crippen molar-refractivity contribution in [3.05, 3.63) is 106 Å². The van der Waals surface area contributed by atoms with E-state index in [1.165, 1.54) is 72.8 Å². The average Bonchev–Trinajstić information content (AvgIpc) is 3.32. The van der Waals surface area contributed by atoms with Crippen molar-refractivity contribution < 1.29 is 76.4 Å². The van der Waals surface area contributed by atoms with E-state index in [0.717, 1.165) is 6.92 Å². The fourth-order valence-electron chi connectivity index (χ4n) is 5.47. The molecule has 0 radical (unpaired) electrons. The van der Waals surface area contributed by atoms with Crippen LogP contribution in [0.3, 0.4) is 0 Å². The quantitative estimate of drug-likeness (QED) is 0.0333. The van der Waals surface area contributed by atoms with E-state index in [1.807, 2.05) is 0 Å². The number of carbonyl (C=O) groups is 10. The Morgan fingerprint density at radius 1 is 0.397 bits per heavy atom. The largest absolute Gasteiger partial charge is 0.463 e. The Balaban J connectivity index is 1.59. The molecular weight excluding hydrogens is 1020 g/mol. The highest BCUT2D eigenvalue weighted by Crippen LogP contribution is 2.18. The van der Waals surface area contributed by atoms with Crippen molar-refractivity contribution in [1.29, 1.82) is 0 Å². The van der Waals surface area contributed by atoms with Gasteiger partial charge in [-0.1, -0.05) is 142 Å². The summed E-state index contributed by atoms with van der Waals surface area (Å²) in [6.45, 7) is -1.80. The number of Topliss-reactive ketones (excluding diaryl/α,β-unsaturated/α-hetero) is 3. The van der Waals surface area contributed by atoms with E-state index < -0.39 is 137 Å². The SMILES string of the molecule is CC(=O)NC(COC(=O)CCC(=O)OCc1ccc(C(=O)C(Cl)Cl)cc1)(COC(=O)CCC(=O)OCc1ccc(C(=O)C(Cl)Cl)cc1)COC(=O)CCC(=O)OCc1ccc(C(=O)C(Cl)Cl)cc1. The predicted molar refractivity (Wildman–Crippen MR) is 245 cm³/mol. The Kier molecular flexibility index (Phi) is 24.2. The number of hydrogen-bond acceptors (Lipinski definition) is 16. The molecule has 1 N–H and O–H groups in total. The molecule has 0 saturated carbocycles. The highest BCUT2D eigenvalue weighted by Gasteiger charge is 2.37. The van der Waals surface area contributed by atoms with Gasteiger partial charge in [-0.05, 0) is 16.7 Å². The van der Waals surface area contributed by atoms with Crippen LogP contribution in [0.5, 0.6) is 0 Å². The summed E-state index contributed by atoms with van der Waals surface area (Å²) in [6.07, 6.45) is -2.86. The second-order valence-corrected chi connectivity index (χ2v) is 17.8. The first-order chi connectivity index (χ1) is 32.2. The topological polar surface area (TPSA) is 238 Å². The minimum atomic E-state index is -1.92. The van der Waals surface area contributed by atoms with Crippen molar-refractivity contribution in [3.8, 4) is 0 Å². The van der Waals surface area contributed by atoms with Gasteiger partial charge in [0, 0.05) is 23.6 Å². The van der Waals surface area contributed by atoms with Gasteiger partial charge in [0.05, 0.1) is 38.5 Å². The van der Waals surface area contributed by atoms with Crippen LogP contribution < -0.4 is 5.32 Å². The van der Waals surface area contributed by atoms with Crippen LogP contribution in [-0.2, 0) is 81.8 Å². The van der Waals surface area contributed by atoms with Gasteiger partial charge in [0.2, 0.25) is 5.91 Å². The van der Waals surface area contributed by atoms with Crippen LogP contribution in [0.1, 0.15) is 93.2 Å². The summed E-state index contributed by atoms with van der Waals surface area (Å²) in [5, 5.41) is 2.47. The third kappa shape index (κ3) is 20.9. The number of alkyl halides is 6. The summed E-state index contributed by atoms with van der Waals surface area (Å²) in [6, 6.07) is 17.8. The Morgan fingerprint density at radius 2 is 0.618 bits per heavy atom. The smallest absolute Gasteiger partial charge is 0.306 e. The van der Waals surface area contributed by atoms with Gasteiger partial charge in [0.25, 0.3) is 0 Å². The first-order valence-corrected chi connectivity index (χ1v) is 22.7. The van der Waals surface area contributed by atoms with Crippen LogP contribution in [0.4, 0.5) is 0 Å². The number of carbonyl (C=O) groups excluding carboxylic acids is 10. The minimum Gasteiger partial charge on any atom is -0.463 e. The lowest BCUT2D eigenvalue weighted by atomic mass is 10.0. The van der Waals surface area contributed by atoms with E-state index >= 15 is 0 Å². The molecule has 0 heterocycles. The molecule has 0 aromatic heterocycles. The number of nitrogens with one attached hydrogen (secondary N) is 1. The van der Waals surface area contributed by atoms with E-state index in [1.54, 1.807) is 0 Å². The maximum absolute atomic E-state index is 12.9. The van der Waals surface area contributed by atoms with E-state index in [2.05, 4.69) is 5.32 Å². The summed E-state index contributed by atoms with van der Waals surface area (Å²) < 4.78 is 31.6. The van der Waals surface area contributed by atoms with Gasteiger partial charge in [-0.25, -0.2) is 0 Å². The second-order valence-electron chi connectivity index (χ2n) is 14.5. The van der Waals surface area contributed by atoms with Crippen molar-refractivity contribution in [2.75, 3.05) is 19.8 Å². The van der Waals surface area contributed by atoms with Crippen molar-refractivity contribution >= 4 is 129 Å². The van der Waals surface area contributed by atoms with Crippen LogP contribution in [0, 0.1) is 0 Å². The lowest BCUT2D eigenvalue weighted by molar-refractivity contribution is -0.162. The van der Waals surface area contributed by atoms with E-state index in [4.69, 9.17) is 98.0 Å². The Hall–Kier alpha value is -5.30. The fourth-order valence-corrected chi connectivity index (χ4v) is 6.23. The summed E-state index contributed by atoms with van der Waals surface area (Å²) in [4.78, 5) is 120. The molecule has 68 heavy (non-hydrogen) atoms. The fraction of sp³-hybridized carbons (Fsp3) is 0.378. The van der Waals surface area contributed by atoms with E-state index in [9.17, 15) is 47.9 Å². The van der Waals surface area contributed by atoms with Gasteiger partial charge < -0.3 is 33.7 Å². The molecule has 0 aliphatic heterocycles. The van der Waals surface area contributed by atoms with Crippen molar-refractivity contribution in [3.63, 3.8) is 0 Å². The van der Waals surface area contributed by atoms with Gasteiger partial charge >= 0.3 is 35.8 Å². The number of halogens is 6. The molecule has 0 aliphatic rings. The van der Waals surface area contributed by atoms with E-state index in [-0.39, 0.29) is 36.5 Å². The molecule has 3 aromatic carbocycles. The number of amides is 1. The summed E-state index contributed by atoms with van der Waals surface area (Å²) in [5.41, 5.74) is 0.358.